The number of halogens is 2. The molecule has 0 aromatic heterocycles. The first kappa shape index (κ1) is 17.6. The lowest BCUT2D eigenvalue weighted by Gasteiger charge is -2.15. The number of hydrogen-bond acceptors (Lipinski definition) is 3. The molecule has 2 aromatic carbocycles. The molecule has 0 radical (unpaired) electrons. The van der Waals surface area contributed by atoms with Crippen LogP contribution in [0.4, 0.5) is 11.4 Å². The van der Waals surface area contributed by atoms with Gasteiger partial charge in [-0.05, 0) is 29.8 Å². The van der Waals surface area contributed by atoms with Crippen molar-refractivity contribution in [2.45, 2.75) is 6.61 Å². The van der Waals surface area contributed by atoms with Gasteiger partial charge in [0.15, 0.2) is 0 Å². The predicted octanol–water partition coefficient (Wildman–Crippen LogP) is 4.21. The van der Waals surface area contributed by atoms with E-state index in [9.17, 15) is 4.79 Å². The van der Waals surface area contributed by atoms with Gasteiger partial charge in [-0.2, -0.15) is 0 Å². The Morgan fingerprint density at radius 1 is 1.13 bits per heavy atom. The Labute approximate surface area is 146 Å². The lowest BCUT2D eigenvalue weighted by Crippen LogP contribution is -2.18. The Hall–Kier alpha value is -1.75. The fraction of sp³-hybridized carbons (Fsp3) is 0.235. The summed E-state index contributed by atoms with van der Waals surface area (Å²) in [6.07, 6.45) is 0. The maximum absolute atomic E-state index is 11.9. The van der Waals surface area contributed by atoms with E-state index in [1.807, 2.05) is 43.3 Å². The Balaban J connectivity index is 1.85. The Morgan fingerprint density at radius 3 is 2.52 bits per heavy atom. The van der Waals surface area contributed by atoms with E-state index in [1.165, 1.54) is 0 Å². The zero-order chi connectivity index (χ0) is 16.8. The third-order valence-corrected chi connectivity index (χ3v) is 3.83. The van der Waals surface area contributed by atoms with Crippen molar-refractivity contribution in [1.29, 1.82) is 0 Å². The highest BCUT2D eigenvalue weighted by molar-refractivity contribution is 6.33. The second-order valence-electron chi connectivity index (χ2n) is 5.19. The Kier molecular flexibility index (Phi) is 6.28. The van der Waals surface area contributed by atoms with Gasteiger partial charge in [-0.15, -0.1) is 0 Å². The first-order valence-corrected chi connectivity index (χ1v) is 7.81. The molecule has 23 heavy (non-hydrogen) atoms. The second kappa shape index (κ2) is 8.20. The monoisotopic (exact) mass is 352 g/mol. The highest BCUT2D eigenvalue weighted by atomic mass is 35.5. The number of anilines is 2. The molecule has 1 amide bonds. The van der Waals surface area contributed by atoms with Crippen molar-refractivity contribution in [3.05, 3.63) is 58.1 Å². The first-order valence-electron chi connectivity index (χ1n) is 7.05. The van der Waals surface area contributed by atoms with Gasteiger partial charge >= 0.3 is 0 Å². The number of carbonyl (C=O) groups is 1. The van der Waals surface area contributed by atoms with E-state index in [4.69, 9.17) is 27.9 Å². The zero-order valence-electron chi connectivity index (χ0n) is 13.0. The molecule has 0 atom stereocenters. The third-order valence-electron chi connectivity index (χ3n) is 3.16. The number of rotatable bonds is 6. The molecule has 2 rings (SSSR count). The minimum absolute atomic E-state index is 0.0573. The van der Waals surface area contributed by atoms with Gasteiger partial charge in [0.05, 0.1) is 17.3 Å². The summed E-state index contributed by atoms with van der Waals surface area (Å²) >= 11 is 12.2. The van der Waals surface area contributed by atoms with E-state index < -0.39 is 0 Å². The molecule has 1 N–H and O–H groups in total. The number of nitrogens with one attached hydrogen (secondary N) is 1. The molecule has 6 heteroatoms. The molecule has 0 spiro atoms. The number of benzene rings is 2. The van der Waals surface area contributed by atoms with Crippen molar-refractivity contribution >= 4 is 40.5 Å². The highest BCUT2D eigenvalue weighted by Crippen LogP contribution is 2.27. The summed E-state index contributed by atoms with van der Waals surface area (Å²) in [4.78, 5) is 13.8. The molecular weight excluding hydrogens is 335 g/mol. The van der Waals surface area contributed by atoms with Crippen molar-refractivity contribution in [3.8, 4) is 0 Å². The average molecular weight is 353 g/mol. The van der Waals surface area contributed by atoms with Crippen molar-refractivity contribution in [2.75, 3.05) is 30.9 Å². The highest BCUT2D eigenvalue weighted by Gasteiger charge is 2.07. The van der Waals surface area contributed by atoms with Crippen molar-refractivity contribution in [3.63, 3.8) is 0 Å². The minimum atomic E-state index is -0.245. The van der Waals surface area contributed by atoms with E-state index in [1.54, 1.807) is 18.2 Å². The van der Waals surface area contributed by atoms with Crippen LogP contribution in [-0.2, 0) is 16.1 Å². The molecule has 0 saturated heterocycles. The average Bonchev–Trinajstić information content (AvgIpc) is 2.49. The summed E-state index contributed by atoms with van der Waals surface area (Å²) in [5.74, 6) is -0.245. The third kappa shape index (κ3) is 5.13. The number of amides is 1. The van der Waals surface area contributed by atoms with Crippen LogP contribution < -0.4 is 10.2 Å². The van der Waals surface area contributed by atoms with Crippen LogP contribution in [0, 0.1) is 0 Å². The van der Waals surface area contributed by atoms with Crippen LogP contribution in [0.2, 0.25) is 10.0 Å². The fourth-order valence-electron chi connectivity index (χ4n) is 2.01. The smallest absolute Gasteiger partial charge is 0.250 e. The number of hydrogen-bond donors (Lipinski definition) is 1. The maximum Gasteiger partial charge on any atom is 0.250 e. The standard InChI is InChI=1S/C17H18Cl2N2O2/c1-21(2)16-8-7-13(9-15(16)19)20-17(22)11-23-10-12-5-3-4-6-14(12)18/h3-9H,10-11H2,1-2H3,(H,20,22). The lowest BCUT2D eigenvalue weighted by atomic mass is 10.2. The van der Waals surface area contributed by atoms with Gasteiger partial charge in [0.2, 0.25) is 5.91 Å². The normalized spacial score (nSPS) is 10.4. The molecule has 0 bridgehead atoms. The van der Waals surface area contributed by atoms with E-state index in [0.717, 1.165) is 11.3 Å². The minimum Gasteiger partial charge on any atom is -0.376 e. The SMILES string of the molecule is CN(C)c1ccc(NC(=O)COCc2ccccc2Cl)cc1Cl. The van der Waals surface area contributed by atoms with Crippen LogP contribution >= 0.6 is 23.2 Å². The van der Waals surface area contributed by atoms with Crippen LogP contribution in [0.15, 0.2) is 42.5 Å². The van der Waals surface area contributed by atoms with E-state index >= 15 is 0 Å². The van der Waals surface area contributed by atoms with Crippen molar-refractivity contribution < 1.29 is 9.53 Å². The molecule has 0 unspecified atom stereocenters. The van der Waals surface area contributed by atoms with E-state index in [0.29, 0.717) is 15.7 Å². The van der Waals surface area contributed by atoms with E-state index in [-0.39, 0.29) is 19.1 Å². The van der Waals surface area contributed by atoms with Gasteiger partial charge < -0.3 is 15.0 Å². The Morgan fingerprint density at radius 2 is 1.87 bits per heavy atom. The number of carbonyl (C=O) groups excluding carboxylic acids is 1. The van der Waals surface area contributed by atoms with Crippen molar-refractivity contribution in [2.24, 2.45) is 0 Å². The molecule has 0 heterocycles. The van der Waals surface area contributed by atoms with Crippen LogP contribution in [-0.4, -0.2) is 26.6 Å². The molecule has 122 valence electrons. The lowest BCUT2D eigenvalue weighted by molar-refractivity contribution is -0.121. The summed E-state index contributed by atoms with van der Waals surface area (Å²) in [6, 6.07) is 12.7. The van der Waals surface area contributed by atoms with Gasteiger partial charge in [0.25, 0.3) is 0 Å². The largest absolute Gasteiger partial charge is 0.376 e. The van der Waals surface area contributed by atoms with Gasteiger partial charge in [-0.25, -0.2) is 0 Å². The zero-order valence-corrected chi connectivity index (χ0v) is 14.5. The molecule has 2 aromatic rings. The van der Waals surface area contributed by atoms with Crippen molar-refractivity contribution in [1.82, 2.24) is 0 Å². The topological polar surface area (TPSA) is 41.6 Å². The summed E-state index contributed by atoms with van der Waals surface area (Å²) < 4.78 is 5.39. The molecule has 0 aliphatic heterocycles. The second-order valence-corrected chi connectivity index (χ2v) is 6.01. The van der Waals surface area contributed by atoms with Gasteiger partial charge in [-0.1, -0.05) is 41.4 Å². The summed E-state index contributed by atoms with van der Waals surface area (Å²) in [5.41, 5.74) is 2.37. The van der Waals surface area contributed by atoms with Crippen LogP contribution in [0.5, 0.6) is 0 Å². The van der Waals surface area contributed by atoms with Gasteiger partial charge in [0.1, 0.15) is 6.61 Å². The molecule has 0 fully saturated rings. The summed E-state index contributed by atoms with van der Waals surface area (Å²) in [7, 11) is 3.81. The molecule has 0 saturated carbocycles. The van der Waals surface area contributed by atoms with Crippen LogP contribution in [0.1, 0.15) is 5.56 Å². The maximum atomic E-state index is 11.9. The quantitative estimate of drug-likeness (QED) is 0.846. The van der Waals surface area contributed by atoms with Gasteiger partial charge in [0, 0.05) is 24.8 Å². The van der Waals surface area contributed by atoms with Crippen LogP contribution in [0.3, 0.4) is 0 Å². The predicted molar refractivity (Wildman–Crippen MR) is 95.5 cm³/mol. The van der Waals surface area contributed by atoms with Gasteiger partial charge in [-0.3, -0.25) is 4.79 Å². The van der Waals surface area contributed by atoms with Crippen LogP contribution in [0.25, 0.3) is 0 Å². The Bertz CT molecular complexity index is 690. The van der Waals surface area contributed by atoms with E-state index in [2.05, 4.69) is 5.32 Å². The molecule has 0 aliphatic rings. The number of ether oxygens (including phenoxy) is 1. The molecule has 0 aliphatic carbocycles. The fourth-order valence-corrected chi connectivity index (χ4v) is 2.55. The molecule has 4 nitrogen and oxygen atoms in total. The summed E-state index contributed by atoms with van der Waals surface area (Å²) in [6.45, 7) is 0.228. The number of nitrogens with zero attached hydrogens (tertiary/aromatic N) is 1. The first-order chi connectivity index (χ1) is 11.0. The molecular formula is C17H18Cl2N2O2. The summed E-state index contributed by atoms with van der Waals surface area (Å²) in [5, 5.41) is 3.95.